The summed E-state index contributed by atoms with van der Waals surface area (Å²) in [4.78, 5) is 17.0. The summed E-state index contributed by atoms with van der Waals surface area (Å²) in [5, 5.41) is 6.53. The predicted octanol–water partition coefficient (Wildman–Crippen LogP) is 2.70. The molecule has 2 aromatic rings. The van der Waals surface area contributed by atoms with E-state index in [2.05, 4.69) is 32.5 Å². The fourth-order valence-corrected chi connectivity index (χ4v) is 5.42. The van der Waals surface area contributed by atoms with Crippen molar-refractivity contribution in [2.45, 2.75) is 50.3 Å². The summed E-state index contributed by atoms with van der Waals surface area (Å²) in [5.41, 5.74) is 3.40. The fourth-order valence-electron chi connectivity index (χ4n) is 4.42. The topological polar surface area (TPSA) is 109 Å². The maximum absolute atomic E-state index is 12.5. The van der Waals surface area contributed by atoms with Gasteiger partial charge in [-0.15, -0.1) is 0 Å². The van der Waals surface area contributed by atoms with Crippen LogP contribution in [-0.2, 0) is 27.7 Å². The van der Waals surface area contributed by atoms with Gasteiger partial charge in [-0.25, -0.2) is 13.1 Å². The lowest BCUT2D eigenvalue weighted by atomic mass is 9.82. The highest BCUT2D eigenvalue weighted by atomic mass is 32.2. The number of nitrogens with zero attached hydrogens (tertiary/aromatic N) is 1. The number of sulfonamides is 1. The summed E-state index contributed by atoms with van der Waals surface area (Å²) in [6.45, 7) is 5.15. The van der Waals surface area contributed by atoms with Crippen LogP contribution in [0.4, 0.5) is 0 Å². The molecule has 0 fully saturated rings. The molecule has 8 nitrogen and oxygen atoms in total. The van der Waals surface area contributed by atoms with Crippen LogP contribution in [0.15, 0.2) is 52.4 Å². The molecule has 4 rings (SSSR count). The minimum absolute atomic E-state index is 0.105. The van der Waals surface area contributed by atoms with Crippen LogP contribution in [0.2, 0.25) is 0 Å². The monoisotopic (exact) mass is 498 g/mol. The van der Waals surface area contributed by atoms with Gasteiger partial charge in [-0.3, -0.25) is 9.79 Å². The molecule has 35 heavy (non-hydrogen) atoms. The van der Waals surface area contributed by atoms with Crippen molar-refractivity contribution in [3.8, 4) is 5.75 Å². The Balaban J connectivity index is 1.22. The zero-order valence-electron chi connectivity index (χ0n) is 20.2. The fraction of sp³-hybridized carbons (Fsp3) is 0.462. The summed E-state index contributed by atoms with van der Waals surface area (Å²) in [6.07, 6.45) is 4.59. The van der Waals surface area contributed by atoms with Crippen molar-refractivity contribution < 1.29 is 17.9 Å². The third-order valence-corrected chi connectivity index (χ3v) is 7.73. The smallest absolute Gasteiger partial charge is 0.264 e. The number of hydrogen-bond donors (Lipinski definition) is 3. The molecule has 0 spiro atoms. The molecule has 1 heterocycles. The van der Waals surface area contributed by atoms with Gasteiger partial charge in [0.1, 0.15) is 5.75 Å². The van der Waals surface area contributed by atoms with E-state index < -0.39 is 15.9 Å². The van der Waals surface area contributed by atoms with Crippen LogP contribution < -0.4 is 20.1 Å². The number of nitrogens with one attached hydrogen (secondary N) is 3. The number of benzene rings is 2. The number of carbonyl (C=O) groups is 1. The molecule has 0 bridgehead atoms. The second kappa shape index (κ2) is 11.6. The van der Waals surface area contributed by atoms with Crippen LogP contribution in [-0.4, -0.2) is 46.5 Å². The summed E-state index contributed by atoms with van der Waals surface area (Å²) >= 11 is 0. The Labute approximate surface area is 207 Å². The second-order valence-corrected chi connectivity index (χ2v) is 10.9. The summed E-state index contributed by atoms with van der Waals surface area (Å²) in [7, 11) is -3.84. The van der Waals surface area contributed by atoms with Gasteiger partial charge in [0.2, 0.25) is 5.91 Å². The van der Waals surface area contributed by atoms with Crippen molar-refractivity contribution in [2.75, 3.05) is 26.2 Å². The number of aryl methyl sites for hydroxylation is 2. The van der Waals surface area contributed by atoms with Gasteiger partial charge in [-0.05, 0) is 80.3 Å². The first kappa shape index (κ1) is 25.0. The molecule has 1 unspecified atom stereocenters. The Morgan fingerprint density at radius 2 is 2.00 bits per heavy atom. The second-order valence-electron chi connectivity index (χ2n) is 9.22. The number of amides is 1. The number of fused-ring (bicyclic) bond motifs is 1. The van der Waals surface area contributed by atoms with Gasteiger partial charge in [0.15, 0.2) is 5.96 Å². The molecule has 0 saturated heterocycles. The highest BCUT2D eigenvalue weighted by molar-refractivity contribution is 7.90. The van der Waals surface area contributed by atoms with E-state index in [1.807, 2.05) is 13.0 Å². The van der Waals surface area contributed by atoms with E-state index >= 15 is 0 Å². The van der Waals surface area contributed by atoms with Gasteiger partial charge in [0.05, 0.1) is 11.5 Å². The first-order valence-corrected chi connectivity index (χ1v) is 13.8. The molecule has 1 aliphatic carbocycles. The van der Waals surface area contributed by atoms with Crippen molar-refractivity contribution in [2.24, 2.45) is 10.9 Å². The van der Waals surface area contributed by atoms with E-state index in [0.29, 0.717) is 6.61 Å². The van der Waals surface area contributed by atoms with Gasteiger partial charge < -0.3 is 15.4 Å². The standard InChI is InChI=1S/C26H34N4O4S/c1-19-4-10-24(11-5-19)35(32,33)30-25(31)17-20-6-7-22-18-23(9-8-21(22)16-20)34-15-3-14-29-26-27-12-2-13-28-26/h4-5,8-11,18,20H,2-3,6-7,12-17H2,1H3,(H,30,31)(H2,27,28,29). The quantitative estimate of drug-likeness (QED) is 0.459. The van der Waals surface area contributed by atoms with Crippen LogP contribution in [0.3, 0.4) is 0 Å². The molecule has 1 atom stereocenters. The Morgan fingerprint density at radius 1 is 1.17 bits per heavy atom. The van der Waals surface area contributed by atoms with E-state index in [0.717, 1.165) is 69.0 Å². The van der Waals surface area contributed by atoms with Gasteiger partial charge in [-0.2, -0.15) is 0 Å². The molecule has 9 heteroatoms. The number of rotatable bonds is 9. The molecule has 1 amide bonds. The van der Waals surface area contributed by atoms with Crippen molar-refractivity contribution in [3.63, 3.8) is 0 Å². The van der Waals surface area contributed by atoms with Crippen LogP contribution in [0.1, 0.15) is 42.4 Å². The highest BCUT2D eigenvalue weighted by Gasteiger charge is 2.24. The Bertz CT molecular complexity index is 1160. The molecule has 2 aromatic carbocycles. The van der Waals surface area contributed by atoms with Gasteiger partial charge in [-0.1, -0.05) is 23.8 Å². The lowest BCUT2D eigenvalue weighted by Crippen LogP contribution is -2.41. The maximum Gasteiger partial charge on any atom is 0.264 e. The molecular weight excluding hydrogens is 464 g/mol. The zero-order valence-corrected chi connectivity index (χ0v) is 21.0. The molecule has 0 saturated carbocycles. The normalized spacial score (nSPS) is 17.5. The third kappa shape index (κ3) is 7.21. The number of hydrogen-bond acceptors (Lipinski definition) is 7. The molecule has 1 aliphatic heterocycles. The lowest BCUT2D eigenvalue weighted by Gasteiger charge is -2.24. The van der Waals surface area contributed by atoms with E-state index in [1.165, 1.54) is 23.3 Å². The van der Waals surface area contributed by atoms with Crippen LogP contribution in [0.25, 0.3) is 0 Å². The number of ether oxygens (including phenoxy) is 1. The lowest BCUT2D eigenvalue weighted by molar-refractivity contribution is -0.120. The number of carbonyl (C=O) groups excluding carboxylic acids is 1. The van der Waals surface area contributed by atoms with Crippen molar-refractivity contribution in [1.29, 1.82) is 0 Å². The largest absolute Gasteiger partial charge is 0.494 e. The molecule has 0 radical (unpaired) electrons. The number of aliphatic imine (C=N–C) groups is 1. The highest BCUT2D eigenvalue weighted by Crippen LogP contribution is 2.30. The van der Waals surface area contributed by atoms with Gasteiger partial charge in [0.25, 0.3) is 10.0 Å². The van der Waals surface area contributed by atoms with Crippen molar-refractivity contribution in [3.05, 3.63) is 59.2 Å². The van der Waals surface area contributed by atoms with Crippen LogP contribution in [0, 0.1) is 12.8 Å². The predicted molar refractivity (Wildman–Crippen MR) is 136 cm³/mol. The zero-order chi connectivity index (χ0) is 24.7. The Kier molecular flexibility index (Phi) is 8.28. The maximum atomic E-state index is 12.5. The van der Waals surface area contributed by atoms with Crippen LogP contribution in [0.5, 0.6) is 5.75 Å². The average Bonchev–Trinajstić information content (AvgIpc) is 2.84. The van der Waals surface area contributed by atoms with Gasteiger partial charge >= 0.3 is 0 Å². The minimum Gasteiger partial charge on any atom is -0.494 e. The average molecular weight is 499 g/mol. The number of guanidine groups is 1. The third-order valence-electron chi connectivity index (χ3n) is 6.34. The van der Waals surface area contributed by atoms with Crippen molar-refractivity contribution >= 4 is 21.9 Å². The summed E-state index contributed by atoms with van der Waals surface area (Å²) < 4.78 is 33.1. The van der Waals surface area contributed by atoms with Gasteiger partial charge in [0, 0.05) is 26.1 Å². The van der Waals surface area contributed by atoms with Crippen LogP contribution >= 0.6 is 0 Å². The van der Waals surface area contributed by atoms with E-state index in [9.17, 15) is 13.2 Å². The van der Waals surface area contributed by atoms with E-state index in [1.54, 1.807) is 12.1 Å². The van der Waals surface area contributed by atoms with E-state index in [-0.39, 0.29) is 17.2 Å². The molecule has 188 valence electrons. The molecule has 2 aliphatic rings. The van der Waals surface area contributed by atoms with Crippen molar-refractivity contribution in [1.82, 2.24) is 15.4 Å². The SMILES string of the molecule is Cc1ccc(S(=O)(=O)NC(=O)CC2CCc3cc(OCCCNC4=NCCCN4)ccc3C2)cc1. The van der Waals surface area contributed by atoms with E-state index in [4.69, 9.17) is 4.74 Å². The Hall–Kier alpha value is -3.07. The first-order chi connectivity index (χ1) is 16.9. The Morgan fingerprint density at radius 3 is 2.77 bits per heavy atom. The minimum atomic E-state index is -3.84. The molecule has 0 aromatic heterocycles. The summed E-state index contributed by atoms with van der Waals surface area (Å²) in [5.74, 6) is 1.39. The molecular formula is C26H34N4O4S. The first-order valence-electron chi connectivity index (χ1n) is 12.3. The molecule has 3 N–H and O–H groups in total. The summed E-state index contributed by atoms with van der Waals surface area (Å²) in [6, 6.07) is 12.6.